The molecule has 0 aromatic heterocycles. The number of carbonyl (C=O) groups excluding carboxylic acids is 1. The number of rotatable bonds is 6. The Morgan fingerprint density at radius 1 is 0.970 bits per heavy atom. The number of halogens is 3. The fourth-order valence-corrected chi connectivity index (χ4v) is 4.33. The van der Waals surface area contributed by atoms with Gasteiger partial charge in [0.1, 0.15) is 0 Å². The number of amides is 1. The molecule has 2 fully saturated rings. The maximum absolute atomic E-state index is 12.8. The number of alkyl halides is 3. The summed E-state index contributed by atoms with van der Waals surface area (Å²) < 4.78 is 44.3. The predicted octanol–water partition coefficient (Wildman–Crippen LogP) is 2.78. The number of fused-ring (bicyclic) bond motifs is 2. The molecule has 2 bridgehead atoms. The molecule has 1 N–H and O–H groups in total. The van der Waals surface area contributed by atoms with Gasteiger partial charge in [0.15, 0.2) is 0 Å². The first-order valence-corrected chi connectivity index (χ1v) is 10.8. The second-order valence-electron chi connectivity index (χ2n) is 8.55. The van der Waals surface area contributed by atoms with Crippen molar-refractivity contribution in [1.82, 2.24) is 15.1 Å². The second kappa shape index (κ2) is 9.91. The molecule has 2 aromatic carbocycles. The van der Waals surface area contributed by atoms with Gasteiger partial charge in [-0.3, -0.25) is 14.6 Å². The summed E-state index contributed by atoms with van der Waals surface area (Å²) in [5.74, 6) is -0.0686. The smallest absolute Gasteiger partial charge is 0.370 e. The van der Waals surface area contributed by atoms with Crippen LogP contribution in [-0.4, -0.2) is 60.6 Å². The van der Waals surface area contributed by atoms with Crippen molar-refractivity contribution in [1.29, 1.82) is 5.26 Å². The summed E-state index contributed by atoms with van der Waals surface area (Å²) in [5, 5.41) is 11.8. The van der Waals surface area contributed by atoms with Crippen molar-refractivity contribution in [3.8, 4) is 6.07 Å². The third-order valence-electron chi connectivity index (χ3n) is 5.86. The van der Waals surface area contributed by atoms with Crippen LogP contribution in [0.1, 0.15) is 22.3 Å². The molecule has 0 radical (unpaired) electrons. The van der Waals surface area contributed by atoms with E-state index in [1.165, 1.54) is 12.1 Å². The number of benzene rings is 2. The fourth-order valence-electron chi connectivity index (χ4n) is 4.33. The average molecular weight is 458 g/mol. The summed E-state index contributed by atoms with van der Waals surface area (Å²) in [6, 6.07) is 14.5. The molecule has 6 nitrogen and oxygen atoms in total. The Bertz CT molecular complexity index is 988. The van der Waals surface area contributed by atoms with Crippen molar-refractivity contribution in [2.24, 2.45) is 0 Å². The molecule has 2 aliphatic heterocycles. The van der Waals surface area contributed by atoms with E-state index < -0.39 is 11.7 Å². The normalized spacial score (nSPS) is 21.4. The summed E-state index contributed by atoms with van der Waals surface area (Å²) in [5.41, 5.74) is 1.71. The standard InChI is InChI=1S/C24H25F3N4O2/c25-24(26,27)20-7-5-19(6-8-20)11-30-12-21-14-31(15-22(13-30)33-21)16-23(32)29-10-18-3-1-17(9-28)2-4-18/h1-8,21-22H,10-16H2,(H,29,32). The van der Waals surface area contributed by atoms with Gasteiger partial charge >= 0.3 is 6.18 Å². The molecule has 2 aromatic rings. The molecule has 0 spiro atoms. The van der Waals surface area contributed by atoms with E-state index in [1.807, 2.05) is 12.1 Å². The van der Waals surface area contributed by atoms with Gasteiger partial charge in [0.25, 0.3) is 0 Å². The lowest BCUT2D eigenvalue weighted by molar-refractivity contribution is -0.146. The van der Waals surface area contributed by atoms with Crippen LogP contribution in [0.5, 0.6) is 0 Å². The monoisotopic (exact) mass is 458 g/mol. The first kappa shape index (κ1) is 23.2. The topological polar surface area (TPSA) is 68.6 Å². The van der Waals surface area contributed by atoms with Crippen molar-refractivity contribution in [2.75, 3.05) is 32.7 Å². The Hall–Kier alpha value is -2.93. The summed E-state index contributed by atoms with van der Waals surface area (Å²) in [7, 11) is 0. The third-order valence-corrected chi connectivity index (χ3v) is 5.86. The third kappa shape index (κ3) is 6.32. The first-order chi connectivity index (χ1) is 15.8. The molecule has 2 aliphatic rings. The highest BCUT2D eigenvalue weighted by Crippen LogP contribution is 2.29. The van der Waals surface area contributed by atoms with Crippen molar-refractivity contribution in [3.63, 3.8) is 0 Å². The minimum absolute atomic E-state index is 0.0433. The van der Waals surface area contributed by atoms with Gasteiger partial charge in [-0.1, -0.05) is 24.3 Å². The maximum atomic E-state index is 12.8. The Balaban J connectivity index is 1.23. The number of morpholine rings is 2. The zero-order valence-electron chi connectivity index (χ0n) is 18.0. The zero-order valence-corrected chi connectivity index (χ0v) is 18.0. The van der Waals surface area contributed by atoms with Gasteiger partial charge < -0.3 is 10.1 Å². The van der Waals surface area contributed by atoms with E-state index in [0.29, 0.717) is 44.8 Å². The Labute approximate surface area is 190 Å². The van der Waals surface area contributed by atoms with Gasteiger partial charge in [-0.15, -0.1) is 0 Å². The molecular weight excluding hydrogens is 433 g/mol. The minimum Gasteiger partial charge on any atom is -0.370 e. The fraction of sp³-hybridized carbons (Fsp3) is 0.417. The number of nitriles is 1. The number of hydrogen-bond acceptors (Lipinski definition) is 5. The van der Waals surface area contributed by atoms with E-state index in [-0.39, 0.29) is 24.7 Å². The predicted molar refractivity (Wildman–Crippen MR) is 115 cm³/mol. The SMILES string of the molecule is N#Cc1ccc(CNC(=O)CN2CC3CN(Cc4ccc(C(F)(F)F)cc4)CC(C2)O3)cc1. The summed E-state index contributed by atoms with van der Waals surface area (Å²) in [6.07, 6.45) is -4.41. The van der Waals surface area contributed by atoms with Gasteiger partial charge in [-0.2, -0.15) is 18.4 Å². The van der Waals surface area contributed by atoms with E-state index in [1.54, 1.807) is 12.1 Å². The number of hydrogen-bond donors (Lipinski definition) is 1. The van der Waals surface area contributed by atoms with Crippen LogP contribution >= 0.6 is 0 Å². The molecule has 2 saturated heterocycles. The van der Waals surface area contributed by atoms with Crippen molar-refractivity contribution in [2.45, 2.75) is 31.5 Å². The van der Waals surface area contributed by atoms with Crippen LogP contribution in [0.4, 0.5) is 13.2 Å². The Morgan fingerprint density at radius 3 is 2.12 bits per heavy atom. The van der Waals surface area contributed by atoms with Gasteiger partial charge in [-0.05, 0) is 35.4 Å². The van der Waals surface area contributed by atoms with Gasteiger partial charge in [0.05, 0.1) is 35.9 Å². The lowest BCUT2D eigenvalue weighted by Gasteiger charge is -2.45. The van der Waals surface area contributed by atoms with Crippen molar-refractivity contribution in [3.05, 3.63) is 70.8 Å². The lowest BCUT2D eigenvalue weighted by atomic mass is 10.1. The first-order valence-electron chi connectivity index (χ1n) is 10.8. The van der Waals surface area contributed by atoms with Crippen LogP contribution in [0.15, 0.2) is 48.5 Å². The molecule has 9 heteroatoms. The van der Waals surface area contributed by atoms with Crippen LogP contribution in [0.3, 0.4) is 0 Å². The second-order valence-corrected chi connectivity index (χ2v) is 8.55. The van der Waals surface area contributed by atoms with Crippen LogP contribution < -0.4 is 5.32 Å². The summed E-state index contributed by atoms with van der Waals surface area (Å²) in [4.78, 5) is 16.7. The highest BCUT2D eigenvalue weighted by molar-refractivity contribution is 5.78. The van der Waals surface area contributed by atoms with Crippen LogP contribution in [0, 0.1) is 11.3 Å². The lowest BCUT2D eigenvalue weighted by Crippen LogP contribution is -2.60. The Kier molecular flexibility index (Phi) is 6.98. The van der Waals surface area contributed by atoms with E-state index in [2.05, 4.69) is 21.2 Å². The van der Waals surface area contributed by atoms with E-state index in [9.17, 15) is 18.0 Å². The van der Waals surface area contributed by atoms with Crippen LogP contribution in [0.25, 0.3) is 0 Å². The zero-order chi connectivity index (χ0) is 23.4. The number of nitrogens with zero attached hydrogens (tertiary/aromatic N) is 3. The van der Waals surface area contributed by atoms with E-state index in [4.69, 9.17) is 10.00 Å². The molecule has 2 atom stereocenters. The molecule has 174 valence electrons. The van der Waals surface area contributed by atoms with Gasteiger partial charge in [0, 0.05) is 39.3 Å². The molecule has 4 rings (SSSR count). The minimum atomic E-state index is -4.33. The molecule has 1 amide bonds. The number of nitrogens with one attached hydrogen (secondary N) is 1. The maximum Gasteiger partial charge on any atom is 0.416 e. The quantitative estimate of drug-likeness (QED) is 0.721. The van der Waals surface area contributed by atoms with Gasteiger partial charge in [0.2, 0.25) is 5.91 Å². The van der Waals surface area contributed by atoms with E-state index >= 15 is 0 Å². The van der Waals surface area contributed by atoms with Crippen molar-refractivity contribution >= 4 is 5.91 Å². The molecule has 0 aliphatic carbocycles. The molecule has 2 heterocycles. The van der Waals surface area contributed by atoms with Crippen LogP contribution in [0.2, 0.25) is 0 Å². The molecule has 33 heavy (non-hydrogen) atoms. The highest BCUT2D eigenvalue weighted by Gasteiger charge is 2.35. The van der Waals surface area contributed by atoms with Gasteiger partial charge in [-0.25, -0.2) is 0 Å². The number of carbonyl (C=O) groups is 1. The summed E-state index contributed by atoms with van der Waals surface area (Å²) >= 11 is 0. The summed E-state index contributed by atoms with van der Waals surface area (Å²) in [6.45, 7) is 3.85. The molecule has 0 saturated carbocycles. The van der Waals surface area contributed by atoms with Crippen molar-refractivity contribution < 1.29 is 22.7 Å². The molecular formula is C24H25F3N4O2. The number of ether oxygens (including phenoxy) is 1. The largest absolute Gasteiger partial charge is 0.416 e. The molecule has 2 unspecified atom stereocenters. The van der Waals surface area contributed by atoms with Crippen LogP contribution in [-0.2, 0) is 28.8 Å². The van der Waals surface area contributed by atoms with E-state index in [0.717, 1.165) is 23.3 Å². The average Bonchev–Trinajstić information content (AvgIpc) is 2.77. The highest BCUT2D eigenvalue weighted by atomic mass is 19.4. The Morgan fingerprint density at radius 2 is 1.55 bits per heavy atom.